The third-order valence-electron chi connectivity index (χ3n) is 3.02. The minimum absolute atomic E-state index is 0.792. The van der Waals surface area contributed by atoms with E-state index in [1.165, 1.54) is 32.4 Å². The molecule has 0 spiro atoms. The van der Waals surface area contributed by atoms with Crippen LogP contribution in [0.25, 0.3) is 0 Å². The van der Waals surface area contributed by atoms with Crippen LogP contribution in [0.3, 0.4) is 0 Å². The van der Waals surface area contributed by atoms with Gasteiger partial charge in [-0.25, -0.2) is 0 Å². The van der Waals surface area contributed by atoms with Gasteiger partial charge in [0.25, 0.3) is 0 Å². The molecule has 4 heteroatoms. The van der Waals surface area contributed by atoms with E-state index in [1.807, 2.05) is 6.07 Å². The van der Waals surface area contributed by atoms with Gasteiger partial charge in [-0.3, -0.25) is 4.90 Å². The number of aromatic nitrogens is 1. The molecule has 3 nitrogen and oxygen atoms in total. The molecule has 0 N–H and O–H groups in total. The molecule has 0 aromatic carbocycles. The Morgan fingerprint density at radius 1 is 1.53 bits per heavy atom. The quantitative estimate of drug-likeness (QED) is 0.829. The second-order valence-electron chi connectivity index (χ2n) is 4.43. The highest BCUT2D eigenvalue weighted by Crippen LogP contribution is 2.19. The fraction of sp³-hybridized carbons (Fsp3) is 0.727. The zero-order valence-corrected chi connectivity index (χ0v) is 10.7. The van der Waals surface area contributed by atoms with Gasteiger partial charge in [0.2, 0.25) is 0 Å². The second-order valence-corrected chi connectivity index (χ2v) is 5.24. The van der Waals surface area contributed by atoms with Crippen LogP contribution in [0.2, 0.25) is 0 Å². The standard InChI is InChI=1S/C11H17BrN2O/c1-9-3-2-5-14(6-4-9)8-10-7-11(12)13-15-10/h7,9H,2-6,8H2,1H3. The summed E-state index contributed by atoms with van der Waals surface area (Å²) in [5.74, 6) is 1.83. The molecule has 1 aromatic rings. The lowest BCUT2D eigenvalue weighted by Gasteiger charge is -2.17. The molecule has 1 aromatic heterocycles. The van der Waals surface area contributed by atoms with Crippen molar-refractivity contribution in [3.63, 3.8) is 0 Å². The van der Waals surface area contributed by atoms with Crippen molar-refractivity contribution in [3.8, 4) is 0 Å². The van der Waals surface area contributed by atoms with E-state index in [-0.39, 0.29) is 0 Å². The number of halogens is 1. The smallest absolute Gasteiger partial charge is 0.151 e. The summed E-state index contributed by atoms with van der Waals surface area (Å²) < 4.78 is 5.99. The van der Waals surface area contributed by atoms with Gasteiger partial charge in [0, 0.05) is 6.07 Å². The van der Waals surface area contributed by atoms with E-state index >= 15 is 0 Å². The average molecular weight is 273 g/mol. The van der Waals surface area contributed by atoms with Gasteiger partial charge < -0.3 is 4.52 Å². The number of hydrogen-bond donors (Lipinski definition) is 0. The molecule has 2 heterocycles. The van der Waals surface area contributed by atoms with Gasteiger partial charge in [-0.05, 0) is 54.2 Å². The van der Waals surface area contributed by atoms with E-state index in [4.69, 9.17) is 4.52 Å². The lowest BCUT2D eigenvalue weighted by Crippen LogP contribution is -2.23. The molecule has 1 atom stereocenters. The lowest BCUT2D eigenvalue weighted by molar-refractivity contribution is 0.236. The van der Waals surface area contributed by atoms with E-state index in [1.54, 1.807) is 0 Å². The van der Waals surface area contributed by atoms with Crippen LogP contribution in [-0.2, 0) is 6.54 Å². The van der Waals surface area contributed by atoms with Crippen LogP contribution in [0, 0.1) is 5.92 Å². The maximum atomic E-state index is 5.20. The number of nitrogens with zero attached hydrogens (tertiary/aromatic N) is 2. The molecule has 2 rings (SSSR count). The molecule has 1 fully saturated rings. The van der Waals surface area contributed by atoms with Crippen molar-refractivity contribution in [2.24, 2.45) is 5.92 Å². The predicted octanol–water partition coefficient (Wildman–Crippen LogP) is 3.06. The van der Waals surface area contributed by atoms with E-state index < -0.39 is 0 Å². The summed E-state index contributed by atoms with van der Waals surface area (Å²) in [6, 6.07) is 1.95. The van der Waals surface area contributed by atoms with Crippen LogP contribution >= 0.6 is 15.9 Å². The highest BCUT2D eigenvalue weighted by molar-refractivity contribution is 9.10. The molecule has 1 unspecified atom stereocenters. The Kier molecular flexibility index (Phi) is 3.81. The summed E-state index contributed by atoms with van der Waals surface area (Å²) in [6.07, 6.45) is 3.96. The van der Waals surface area contributed by atoms with Crippen LogP contribution in [0.15, 0.2) is 15.2 Å². The number of likely N-dealkylation sites (tertiary alicyclic amines) is 1. The molecular formula is C11H17BrN2O. The van der Waals surface area contributed by atoms with Crippen LogP contribution in [0.4, 0.5) is 0 Å². The van der Waals surface area contributed by atoms with Crippen LogP contribution in [-0.4, -0.2) is 23.1 Å². The van der Waals surface area contributed by atoms with Crippen molar-refractivity contribution in [1.82, 2.24) is 10.1 Å². The topological polar surface area (TPSA) is 29.3 Å². The maximum absolute atomic E-state index is 5.20. The Morgan fingerprint density at radius 2 is 2.40 bits per heavy atom. The largest absolute Gasteiger partial charge is 0.359 e. The Labute approximate surface area is 98.9 Å². The van der Waals surface area contributed by atoms with Gasteiger partial charge in [0.05, 0.1) is 6.54 Å². The first-order chi connectivity index (χ1) is 7.24. The molecule has 0 radical (unpaired) electrons. The van der Waals surface area contributed by atoms with Crippen LogP contribution < -0.4 is 0 Å². The van der Waals surface area contributed by atoms with Crippen LogP contribution in [0.1, 0.15) is 31.9 Å². The zero-order chi connectivity index (χ0) is 10.7. The van der Waals surface area contributed by atoms with Crippen molar-refractivity contribution in [1.29, 1.82) is 0 Å². The normalized spacial score (nSPS) is 24.0. The third kappa shape index (κ3) is 3.31. The van der Waals surface area contributed by atoms with Crippen molar-refractivity contribution in [2.75, 3.05) is 13.1 Å². The molecule has 84 valence electrons. The predicted molar refractivity (Wildman–Crippen MR) is 62.5 cm³/mol. The van der Waals surface area contributed by atoms with E-state index in [0.717, 1.165) is 22.8 Å². The van der Waals surface area contributed by atoms with Gasteiger partial charge in [0.1, 0.15) is 4.60 Å². The number of hydrogen-bond acceptors (Lipinski definition) is 3. The highest BCUT2D eigenvalue weighted by atomic mass is 79.9. The fourth-order valence-electron chi connectivity index (χ4n) is 2.06. The van der Waals surface area contributed by atoms with Gasteiger partial charge in [-0.2, -0.15) is 0 Å². The van der Waals surface area contributed by atoms with Gasteiger partial charge >= 0.3 is 0 Å². The van der Waals surface area contributed by atoms with E-state index in [9.17, 15) is 0 Å². The highest BCUT2D eigenvalue weighted by Gasteiger charge is 2.15. The molecule has 0 amide bonds. The molecule has 0 bridgehead atoms. The number of rotatable bonds is 2. The summed E-state index contributed by atoms with van der Waals surface area (Å²) >= 11 is 3.30. The Bertz CT molecular complexity index is 313. The maximum Gasteiger partial charge on any atom is 0.151 e. The summed E-state index contributed by atoms with van der Waals surface area (Å²) in [5.41, 5.74) is 0. The second kappa shape index (κ2) is 5.12. The minimum Gasteiger partial charge on any atom is -0.359 e. The summed E-state index contributed by atoms with van der Waals surface area (Å²) in [5, 5.41) is 3.84. The molecule has 1 aliphatic rings. The first-order valence-corrected chi connectivity index (χ1v) is 6.37. The molecule has 1 aliphatic heterocycles. The summed E-state index contributed by atoms with van der Waals surface area (Å²) in [7, 11) is 0. The van der Waals surface area contributed by atoms with Crippen molar-refractivity contribution < 1.29 is 4.52 Å². The Morgan fingerprint density at radius 3 is 3.13 bits per heavy atom. The molecule has 0 aliphatic carbocycles. The zero-order valence-electron chi connectivity index (χ0n) is 9.08. The van der Waals surface area contributed by atoms with Crippen LogP contribution in [0.5, 0.6) is 0 Å². The van der Waals surface area contributed by atoms with E-state index in [0.29, 0.717) is 0 Å². The monoisotopic (exact) mass is 272 g/mol. The van der Waals surface area contributed by atoms with Gasteiger partial charge in [-0.15, -0.1) is 0 Å². The third-order valence-corrected chi connectivity index (χ3v) is 3.39. The van der Waals surface area contributed by atoms with Gasteiger partial charge in [0.15, 0.2) is 5.76 Å². The molecular weight excluding hydrogens is 256 g/mol. The molecule has 0 saturated carbocycles. The summed E-state index contributed by atoms with van der Waals surface area (Å²) in [4.78, 5) is 2.45. The lowest BCUT2D eigenvalue weighted by atomic mass is 10.0. The van der Waals surface area contributed by atoms with Crippen molar-refractivity contribution >= 4 is 15.9 Å². The van der Waals surface area contributed by atoms with E-state index in [2.05, 4.69) is 32.9 Å². The summed E-state index contributed by atoms with van der Waals surface area (Å²) in [6.45, 7) is 5.60. The SMILES string of the molecule is CC1CCCN(Cc2cc(Br)no2)CC1. The Balaban J connectivity index is 1.88. The first-order valence-electron chi connectivity index (χ1n) is 5.57. The van der Waals surface area contributed by atoms with Crippen molar-refractivity contribution in [3.05, 3.63) is 16.4 Å². The first kappa shape index (κ1) is 11.1. The minimum atomic E-state index is 0.792. The van der Waals surface area contributed by atoms with Crippen molar-refractivity contribution in [2.45, 2.75) is 32.7 Å². The van der Waals surface area contributed by atoms with Gasteiger partial charge in [-0.1, -0.05) is 12.1 Å². The molecule has 1 saturated heterocycles. The molecule has 15 heavy (non-hydrogen) atoms. The fourth-order valence-corrected chi connectivity index (χ4v) is 2.39. The average Bonchev–Trinajstić information content (AvgIpc) is 2.48. The Hall–Kier alpha value is -0.350.